The van der Waals surface area contributed by atoms with Crippen molar-refractivity contribution in [1.29, 1.82) is 0 Å². The quantitative estimate of drug-likeness (QED) is 0.644. The van der Waals surface area contributed by atoms with Gasteiger partial charge < -0.3 is 15.1 Å². The standard InChI is InChI=1S/C24H21ClFN3O2/c25-18-7-5-17(6-8-18)23(30)27-22-4-2-1-3-21(22)24(31)29-15-13-28(14-16-29)20-11-9-19(26)10-12-20/h1-12H,13-16H2,(H,27,30). The van der Waals surface area contributed by atoms with E-state index in [0.717, 1.165) is 5.69 Å². The van der Waals surface area contributed by atoms with Gasteiger partial charge >= 0.3 is 0 Å². The van der Waals surface area contributed by atoms with Gasteiger partial charge in [-0.05, 0) is 60.7 Å². The summed E-state index contributed by atoms with van der Waals surface area (Å²) in [7, 11) is 0. The highest BCUT2D eigenvalue weighted by molar-refractivity contribution is 6.30. The smallest absolute Gasteiger partial charge is 0.256 e. The van der Waals surface area contributed by atoms with Crippen LogP contribution >= 0.6 is 11.6 Å². The van der Waals surface area contributed by atoms with Crippen molar-refractivity contribution >= 4 is 34.8 Å². The molecule has 1 heterocycles. The molecule has 2 amide bonds. The summed E-state index contributed by atoms with van der Waals surface area (Å²) in [6.45, 7) is 2.37. The molecule has 0 atom stereocenters. The van der Waals surface area contributed by atoms with E-state index in [9.17, 15) is 14.0 Å². The van der Waals surface area contributed by atoms with Gasteiger partial charge in [-0.3, -0.25) is 9.59 Å². The summed E-state index contributed by atoms with van der Waals surface area (Å²) in [5.41, 5.74) is 2.30. The zero-order valence-electron chi connectivity index (χ0n) is 16.7. The molecule has 3 aromatic rings. The second-order valence-electron chi connectivity index (χ2n) is 7.26. The molecule has 1 fully saturated rings. The van der Waals surface area contributed by atoms with Crippen LogP contribution in [0.1, 0.15) is 20.7 Å². The van der Waals surface area contributed by atoms with Crippen molar-refractivity contribution in [2.45, 2.75) is 0 Å². The number of halogens is 2. The molecule has 0 unspecified atom stereocenters. The molecule has 0 aromatic heterocycles. The van der Waals surface area contributed by atoms with Crippen LogP contribution < -0.4 is 10.2 Å². The van der Waals surface area contributed by atoms with E-state index in [4.69, 9.17) is 11.6 Å². The average molecular weight is 438 g/mol. The number of nitrogens with one attached hydrogen (secondary N) is 1. The average Bonchev–Trinajstić information content (AvgIpc) is 2.80. The fourth-order valence-electron chi connectivity index (χ4n) is 3.56. The molecule has 1 aliphatic rings. The second kappa shape index (κ2) is 9.18. The zero-order valence-corrected chi connectivity index (χ0v) is 17.5. The molecular formula is C24H21ClFN3O2. The Bertz CT molecular complexity index is 1080. The molecule has 5 nitrogen and oxygen atoms in total. The minimum atomic E-state index is -0.307. The van der Waals surface area contributed by atoms with Crippen molar-refractivity contribution in [2.24, 2.45) is 0 Å². The number of amides is 2. The van der Waals surface area contributed by atoms with Crippen LogP contribution in [0.3, 0.4) is 0 Å². The fraction of sp³-hybridized carbons (Fsp3) is 0.167. The maximum atomic E-state index is 13.2. The summed E-state index contributed by atoms with van der Waals surface area (Å²) in [4.78, 5) is 29.6. The maximum absolute atomic E-state index is 13.2. The van der Waals surface area contributed by atoms with Gasteiger partial charge in [-0.25, -0.2) is 4.39 Å². The fourth-order valence-corrected chi connectivity index (χ4v) is 3.69. The van der Waals surface area contributed by atoms with E-state index in [2.05, 4.69) is 10.2 Å². The highest BCUT2D eigenvalue weighted by atomic mass is 35.5. The molecular weight excluding hydrogens is 417 g/mol. The van der Waals surface area contributed by atoms with Crippen LogP contribution in [-0.2, 0) is 0 Å². The molecule has 1 N–H and O–H groups in total. The molecule has 7 heteroatoms. The number of nitrogens with zero attached hydrogens (tertiary/aromatic N) is 2. The number of piperazine rings is 1. The van der Waals surface area contributed by atoms with E-state index in [1.54, 1.807) is 65.6 Å². The summed E-state index contributed by atoms with van der Waals surface area (Å²) in [6.07, 6.45) is 0. The van der Waals surface area contributed by atoms with Crippen LogP contribution in [0.15, 0.2) is 72.8 Å². The number of hydrogen-bond donors (Lipinski definition) is 1. The van der Waals surface area contributed by atoms with Crippen molar-refractivity contribution in [1.82, 2.24) is 4.90 Å². The van der Waals surface area contributed by atoms with Crippen molar-refractivity contribution < 1.29 is 14.0 Å². The number of rotatable bonds is 4. The van der Waals surface area contributed by atoms with Crippen molar-refractivity contribution in [3.05, 3.63) is 94.8 Å². The minimum Gasteiger partial charge on any atom is -0.368 e. The third-order valence-corrected chi connectivity index (χ3v) is 5.52. The number of carbonyl (C=O) groups is 2. The Morgan fingerprint density at radius 2 is 1.48 bits per heavy atom. The first-order chi connectivity index (χ1) is 15.0. The van der Waals surface area contributed by atoms with Crippen LogP contribution in [-0.4, -0.2) is 42.9 Å². The number of carbonyl (C=O) groups excluding carboxylic acids is 2. The molecule has 0 saturated carbocycles. The Balaban J connectivity index is 1.44. The zero-order chi connectivity index (χ0) is 21.8. The predicted octanol–water partition coefficient (Wildman–Crippen LogP) is 4.69. The van der Waals surface area contributed by atoms with Gasteiger partial charge in [0.05, 0.1) is 11.3 Å². The molecule has 4 rings (SSSR count). The van der Waals surface area contributed by atoms with E-state index in [-0.39, 0.29) is 17.6 Å². The number of benzene rings is 3. The summed E-state index contributed by atoms with van der Waals surface area (Å²) >= 11 is 5.88. The molecule has 1 aliphatic heterocycles. The molecule has 31 heavy (non-hydrogen) atoms. The first-order valence-electron chi connectivity index (χ1n) is 9.97. The van der Waals surface area contributed by atoms with Gasteiger partial charge in [-0.15, -0.1) is 0 Å². The third kappa shape index (κ3) is 4.86. The van der Waals surface area contributed by atoms with E-state index in [1.165, 1.54) is 12.1 Å². The number of hydrogen-bond acceptors (Lipinski definition) is 3. The van der Waals surface area contributed by atoms with Crippen LogP contribution in [0.5, 0.6) is 0 Å². The highest BCUT2D eigenvalue weighted by Crippen LogP contribution is 2.22. The Morgan fingerprint density at radius 1 is 0.839 bits per heavy atom. The van der Waals surface area contributed by atoms with Gasteiger partial charge in [0, 0.05) is 42.5 Å². The molecule has 0 bridgehead atoms. The number of para-hydroxylation sites is 1. The van der Waals surface area contributed by atoms with E-state index >= 15 is 0 Å². The molecule has 3 aromatic carbocycles. The highest BCUT2D eigenvalue weighted by Gasteiger charge is 2.24. The van der Waals surface area contributed by atoms with Crippen LogP contribution in [0.25, 0.3) is 0 Å². The Morgan fingerprint density at radius 3 is 2.16 bits per heavy atom. The Labute approximate surface area is 185 Å². The first kappa shape index (κ1) is 20.9. The normalized spacial score (nSPS) is 13.7. The summed E-state index contributed by atoms with van der Waals surface area (Å²) < 4.78 is 13.2. The Hall–Kier alpha value is -3.38. The topological polar surface area (TPSA) is 52.7 Å². The largest absolute Gasteiger partial charge is 0.368 e. The van der Waals surface area contributed by atoms with Gasteiger partial charge in [0.1, 0.15) is 5.82 Å². The SMILES string of the molecule is O=C(Nc1ccccc1C(=O)N1CCN(c2ccc(F)cc2)CC1)c1ccc(Cl)cc1. The van der Waals surface area contributed by atoms with Gasteiger partial charge in [-0.2, -0.15) is 0 Å². The first-order valence-corrected chi connectivity index (χ1v) is 10.3. The van der Waals surface area contributed by atoms with Gasteiger partial charge in [0.15, 0.2) is 0 Å². The molecule has 158 valence electrons. The lowest BCUT2D eigenvalue weighted by Gasteiger charge is -2.36. The molecule has 0 spiro atoms. The van der Waals surface area contributed by atoms with E-state index in [0.29, 0.717) is 48.0 Å². The lowest BCUT2D eigenvalue weighted by atomic mass is 10.1. The van der Waals surface area contributed by atoms with Crippen LogP contribution in [0.4, 0.5) is 15.8 Å². The number of anilines is 2. The molecule has 0 aliphatic carbocycles. The summed E-state index contributed by atoms with van der Waals surface area (Å²) in [6, 6.07) is 19.9. The van der Waals surface area contributed by atoms with Crippen LogP contribution in [0.2, 0.25) is 5.02 Å². The molecule has 0 radical (unpaired) electrons. The van der Waals surface area contributed by atoms with Crippen molar-refractivity contribution in [2.75, 3.05) is 36.4 Å². The van der Waals surface area contributed by atoms with Crippen LogP contribution in [0, 0.1) is 5.82 Å². The summed E-state index contributed by atoms with van der Waals surface area (Å²) in [5.74, 6) is -0.710. The monoisotopic (exact) mass is 437 g/mol. The predicted molar refractivity (Wildman–Crippen MR) is 120 cm³/mol. The second-order valence-corrected chi connectivity index (χ2v) is 7.70. The van der Waals surface area contributed by atoms with Gasteiger partial charge in [0.25, 0.3) is 11.8 Å². The van der Waals surface area contributed by atoms with Gasteiger partial charge in [-0.1, -0.05) is 23.7 Å². The van der Waals surface area contributed by atoms with E-state index in [1.807, 2.05) is 0 Å². The minimum absolute atomic E-state index is 0.134. The van der Waals surface area contributed by atoms with Crippen molar-refractivity contribution in [3.8, 4) is 0 Å². The maximum Gasteiger partial charge on any atom is 0.256 e. The lowest BCUT2D eigenvalue weighted by Crippen LogP contribution is -2.49. The van der Waals surface area contributed by atoms with E-state index < -0.39 is 0 Å². The third-order valence-electron chi connectivity index (χ3n) is 5.27. The van der Waals surface area contributed by atoms with Crippen molar-refractivity contribution in [3.63, 3.8) is 0 Å². The lowest BCUT2D eigenvalue weighted by molar-refractivity contribution is 0.0748. The van der Waals surface area contributed by atoms with Gasteiger partial charge in [0.2, 0.25) is 0 Å². The Kier molecular flexibility index (Phi) is 6.18. The summed E-state index contributed by atoms with van der Waals surface area (Å²) in [5, 5.41) is 3.38. The molecule has 1 saturated heterocycles.